The van der Waals surface area contributed by atoms with Crippen LogP contribution in [-0.2, 0) is 4.74 Å². The Labute approximate surface area is 106 Å². The number of rotatable bonds is 3. The third-order valence-corrected chi connectivity index (χ3v) is 3.29. The molecule has 2 rings (SSSR count). The van der Waals surface area contributed by atoms with Gasteiger partial charge in [0.2, 0.25) is 0 Å². The molecule has 2 heterocycles. The van der Waals surface area contributed by atoms with Gasteiger partial charge in [0.1, 0.15) is 5.82 Å². The minimum absolute atomic E-state index is 0.298. The molecule has 1 aliphatic heterocycles. The summed E-state index contributed by atoms with van der Waals surface area (Å²) in [6.45, 7) is 3.53. The second-order valence-corrected chi connectivity index (χ2v) is 4.58. The second-order valence-electron chi connectivity index (χ2n) is 4.58. The fourth-order valence-corrected chi connectivity index (χ4v) is 2.26. The topological polar surface area (TPSA) is 62.7 Å². The minimum Gasteiger partial charge on any atom is -0.478 e. The molecule has 0 spiro atoms. The summed E-state index contributed by atoms with van der Waals surface area (Å²) in [6.07, 6.45) is 2.22. The highest BCUT2D eigenvalue weighted by molar-refractivity contribution is 5.88. The van der Waals surface area contributed by atoms with E-state index in [-0.39, 0.29) is 0 Å². The summed E-state index contributed by atoms with van der Waals surface area (Å²) in [4.78, 5) is 17.6. The number of carboxylic acids is 1. The largest absolute Gasteiger partial charge is 0.478 e. The normalized spacial score (nSPS) is 16.9. The fraction of sp³-hybridized carbons (Fsp3) is 0.538. The lowest BCUT2D eigenvalue weighted by Crippen LogP contribution is -2.37. The zero-order valence-electron chi connectivity index (χ0n) is 10.7. The molecule has 0 atom stereocenters. The first kappa shape index (κ1) is 12.8. The first-order chi connectivity index (χ1) is 8.60. The van der Waals surface area contributed by atoms with E-state index in [4.69, 9.17) is 9.84 Å². The van der Waals surface area contributed by atoms with Crippen LogP contribution in [0.1, 0.15) is 28.9 Å². The lowest BCUT2D eigenvalue weighted by Gasteiger charge is -2.32. The molecule has 0 saturated carbocycles. The van der Waals surface area contributed by atoms with Crippen molar-refractivity contribution in [2.45, 2.75) is 25.9 Å². The summed E-state index contributed by atoms with van der Waals surface area (Å²) in [6, 6.07) is 3.23. The number of carbonyl (C=O) groups is 1. The predicted molar refractivity (Wildman–Crippen MR) is 68.2 cm³/mol. The molecule has 1 aliphatic rings. The Kier molecular flexibility index (Phi) is 3.81. The Morgan fingerprint density at radius 1 is 1.44 bits per heavy atom. The van der Waals surface area contributed by atoms with Gasteiger partial charge in [-0.05, 0) is 31.9 Å². The van der Waals surface area contributed by atoms with Crippen molar-refractivity contribution in [1.29, 1.82) is 0 Å². The smallest absolute Gasteiger partial charge is 0.335 e. The third kappa shape index (κ3) is 2.79. The van der Waals surface area contributed by atoms with Crippen molar-refractivity contribution in [2.75, 3.05) is 25.1 Å². The van der Waals surface area contributed by atoms with Gasteiger partial charge < -0.3 is 14.7 Å². The van der Waals surface area contributed by atoms with E-state index in [9.17, 15) is 4.79 Å². The van der Waals surface area contributed by atoms with Crippen LogP contribution < -0.4 is 4.90 Å². The van der Waals surface area contributed by atoms with E-state index in [0.29, 0.717) is 11.7 Å². The van der Waals surface area contributed by atoms with Crippen LogP contribution in [0.5, 0.6) is 0 Å². The molecule has 0 aromatic carbocycles. The van der Waals surface area contributed by atoms with Crippen LogP contribution in [0.2, 0.25) is 0 Å². The van der Waals surface area contributed by atoms with E-state index < -0.39 is 5.97 Å². The molecule has 98 valence electrons. The van der Waals surface area contributed by atoms with Crippen LogP contribution in [0.4, 0.5) is 5.82 Å². The molecule has 0 amide bonds. The van der Waals surface area contributed by atoms with Crippen molar-refractivity contribution in [3.8, 4) is 0 Å². The number of anilines is 1. The number of aromatic nitrogens is 1. The maximum absolute atomic E-state index is 11.0. The van der Waals surface area contributed by atoms with E-state index in [1.807, 2.05) is 6.92 Å². The average molecular weight is 250 g/mol. The standard InChI is InChI=1S/C13H18N2O3/c1-9-7-10(13(16)17)8-12(14-9)15-5-3-11(18-2)4-6-15/h7-8,11H,3-6H2,1-2H3,(H,16,17). The fourth-order valence-electron chi connectivity index (χ4n) is 2.26. The van der Waals surface area contributed by atoms with Gasteiger partial charge in [0.05, 0.1) is 11.7 Å². The van der Waals surface area contributed by atoms with Crippen LogP contribution in [0.25, 0.3) is 0 Å². The monoisotopic (exact) mass is 250 g/mol. The van der Waals surface area contributed by atoms with Crippen LogP contribution in [0, 0.1) is 6.92 Å². The van der Waals surface area contributed by atoms with Crippen LogP contribution in [0.3, 0.4) is 0 Å². The molecule has 0 unspecified atom stereocenters. The van der Waals surface area contributed by atoms with E-state index in [1.165, 1.54) is 0 Å². The Morgan fingerprint density at radius 3 is 2.67 bits per heavy atom. The highest BCUT2D eigenvalue weighted by Gasteiger charge is 2.20. The van der Waals surface area contributed by atoms with Gasteiger partial charge in [0.15, 0.2) is 0 Å². The number of hydrogen-bond donors (Lipinski definition) is 1. The SMILES string of the molecule is COC1CCN(c2cc(C(=O)O)cc(C)n2)CC1. The van der Waals surface area contributed by atoms with Gasteiger partial charge in [0, 0.05) is 25.9 Å². The predicted octanol–water partition coefficient (Wildman–Crippen LogP) is 1.70. The lowest BCUT2D eigenvalue weighted by molar-refractivity contribution is 0.0696. The van der Waals surface area contributed by atoms with Gasteiger partial charge in [-0.25, -0.2) is 9.78 Å². The van der Waals surface area contributed by atoms with Gasteiger partial charge in [0.25, 0.3) is 0 Å². The Hall–Kier alpha value is -1.62. The van der Waals surface area contributed by atoms with Gasteiger partial charge in [-0.1, -0.05) is 0 Å². The van der Waals surface area contributed by atoms with Gasteiger partial charge in [-0.2, -0.15) is 0 Å². The number of nitrogens with zero attached hydrogens (tertiary/aromatic N) is 2. The molecular weight excluding hydrogens is 232 g/mol. The van der Waals surface area contributed by atoms with Crippen molar-refractivity contribution >= 4 is 11.8 Å². The van der Waals surface area contributed by atoms with E-state index in [1.54, 1.807) is 19.2 Å². The average Bonchev–Trinajstić information content (AvgIpc) is 2.38. The van der Waals surface area contributed by atoms with Crippen LogP contribution in [0.15, 0.2) is 12.1 Å². The number of methoxy groups -OCH3 is 1. The van der Waals surface area contributed by atoms with E-state index in [0.717, 1.165) is 37.4 Å². The van der Waals surface area contributed by atoms with Crippen molar-refractivity contribution in [3.63, 3.8) is 0 Å². The first-order valence-electron chi connectivity index (χ1n) is 6.10. The summed E-state index contributed by atoms with van der Waals surface area (Å²) < 4.78 is 5.32. The third-order valence-electron chi connectivity index (χ3n) is 3.29. The Bertz CT molecular complexity index is 440. The maximum Gasteiger partial charge on any atom is 0.335 e. The summed E-state index contributed by atoms with van der Waals surface area (Å²) >= 11 is 0. The number of piperidine rings is 1. The highest BCUT2D eigenvalue weighted by Crippen LogP contribution is 2.21. The zero-order valence-corrected chi connectivity index (χ0v) is 10.7. The summed E-state index contributed by atoms with van der Waals surface area (Å²) in [7, 11) is 1.73. The van der Waals surface area contributed by atoms with Crippen LogP contribution >= 0.6 is 0 Å². The highest BCUT2D eigenvalue weighted by atomic mass is 16.5. The molecule has 0 aliphatic carbocycles. The Balaban J connectivity index is 2.16. The molecule has 1 N–H and O–H groups in total. The molecule has 1 fully saturated rings. The maximum atomic E-state index is 11.0. The summed E-state index contributed by atoms with van der Waals surface area (Å²) in [5.74, 6) is -0.157. The molecule has 1 aromatic heterocycles. The molecule has 0 radical (unpaired) electrons. The quantitative estimate of drug-likeness (QED) is 0.884. The molecule has 0 bridgehead atoms. The molecule has 1 saturated heterocycles. The second kappa shape index (κ2) is 5.35. The lowest BCUT2D eigenvalue weighted by atomic mass is 10.1. The summed E-state index contributed by atoms with van der Waals surface area (Å²) in [5, 5.41) is 9.05. The number of hydrogen-bond acceptors (Lipinski definition) is 4. The van der Waals surface area contributed by atoms with E-state index >= 15 is 0 Å². The number of pyridine rings is 1. The van der Waals surface area contributed by atoms with Crippen molar-refractivity contribution in [3.05, 3.63) is 23.4 Å². The molecule has 1 aromatic rings. The first-order valence-corrected chi connectivity index (χ1v) is 6.10. The van der Waals surface area contributed by atoms with Crippen LogP contribution in [-0.4, -0.2) is 42.4 Å². The zero-order chi connectivity index (χ0) is 13.1. The van der Waals surface area contributed by atoms with Crippen molar-refractivity contribution in [2.24, 2.45) is 0 Å². The number of aryl methyl sites for hydroxylation is 1. The van der Waals surface area contributed by atoms with Crippen molar-refractivity contribution in [1.82, 2.24) is 4.98 Å². The minimum atomic E-state index is -0.909. The van der Waals surface area contributed by atoms with E-state index in [2.05, 4.69) is 9.88 Å². The van der Waals surface area contributed by atoms with Crippen molar-refractivity contribution < 1.29 is 14.6 Å². The number of aromatic carboxylic acids is 1. The number of ether oxygens (including phenoxy) is 1. The molecular formula is C13H18N2O3. The van der Waals surface area contributed by atoms with Gasteiger partial charge in [-0.3, -0.25) is 0 Å². The van der Waals surface area contributed by atoms with Gasteiger partial charge >= 0.3 is 5.97 Å². The molecule has 18 heavy (non-hydrogen) atoms. The molecule has 5 nitrogen and oxygen atoms in total. The Morgan fingerprint density at radius 2 is 2.11 bits per heavy atom. The molecule has 5 heteroatoms. The number of carboxylic acid groups (broad SMARTS) is 1. The summed E-state index contributed by atoms with van der Waals surface area (Å²) in [5.41, 5.74) is 1.03. The van der Waals surface area contributed by atoms with Gasteiger partial charge in [-0.15, -0.1) is 0 Å².